The van der Waals surface area contributed by atoms with E-state index in [1.165, 1.54) is 22.3 Å². The third kappa shape index (κ3) is 7.33. The smallest absolute Gasteiger partial charge is 0.0462 e. The molecule has 2 nitrogen and oxygen atoms in total. The summed E-state index contributed by atoms with van der Waals surface area (Å²) in [5, 5.41) is 0. The van der Waals surface area contributed by atoms with Crippen molar-refractivity contribution in [3.8, 4) is 22.3 Å². The van der Waals surface area contributed by atoms with Gasteiger partial charge in [0.25, 0.3) is 0 Å². The molecule has 0 spiro atoms. The molecular formula is C50H38N2. The molecule has 0 bridgehead atoms. The van der Waals surface area contributed by atoms with Crippen molar-refractivity contribution in [2.24, 2.45) is 0 Å². The molecule has 0 N–H and O–H groups in total. The van der Waals surface area contributed by atoms with Crippen LogP contribution >= 0.6 is 0 Å². The van der Waals surface area contributed by atoms with Gasteiger partial charge in [0.1, 0.15) is 0 Å². The van der Waals surface area contributed by atoms with Crippen molar-refractivity contribution in [1.29, 1.82) is 0 Å². The topological polar surface area (TPSA) is 6.48 Å². The van der Waals surface area contributed by atoms with Crippen molar-refractivity contribution < 1.29 is 0 Å². The van der Waals surface area contributed by atoms with Crippen LogP contribution in [0.15, 0.2) is 218 Å². The quantitative estimate of drug-likeness (QED) is 0.134. The van der Waals surface area contributed by atoms with Crippen LogP contribution in [0.25, 0.3) is 34.4 Å². The van der Waals surface area contributed by atoms with E-state index in [0.717, 1.165) is 45.3 Å². The van der Waals surface area contributed by atoms with Gasteiger partial charge in [0, 0.05) is 34.1 Å². The van der Waals surface area contributed by atoms with E-state index in [4.69, 9.17) is 0 Å². The molecule has 0 aromatic heterocycles. The summed E-state index contributed by atoms with van der Waals surface area (Å²) in [6, 6.07) is 77.2. The maximum Gasteiger partial charge on any atom is 0.0462 e. The van der Waals surface area contributed by atoms with Crippen molar-refractivity contribution in [2.45, 2.75) is 0 Å². The highest BCUT2D eigenvalue weighted by Gasteiger charge is 2.14. The first-order valence-electron chi connectivity index (χ1n) is 17.7. The van der Waals surface area contributed by atoms with Crippen LogP contribution in [0.4, 0.5) is 34.1 Å². The first-order valence-corrected chi connectivity index (χ1v) is 17.7. The van der Waals surface area contributed by atoms with Gasteiger partial charge in [-0.1, -0.05) is 158 Å². The lowest BCUT2D eigenvalue weighted by Crippen LogP contribution is -2.09. The largest absolute Gasteiger partial charge is 0.311 e. The van der Waals surface area contributed by atoms with E-state index in [2.05, 4.69) is 240 Å². The van der Waals surface area contributed by atoms with Crippen LogP contribution in [0.2, 0.25) is 0 Å². The van der Waals surface area contributed by atoms with E-state index in [0.29, 0.717) is 0 Å². The van der Waals surface area contributed by atoms with Gasteiger partial charge in [0.2, 0.25) is 0 Å². The second-order valence-electron chi connectivity index (χ2n) is 12.7. The Hall–Kier alpha value is -6.90. The van der Waals surface area contributed by atoms with Crippen molar-refractivity contribution in [3.05, 3.63) is 230 Å². The fraction of sp³-hybridized carbons (Fsp3) is 0. The number of hydrogen-bond acceptors (Lipinski definition) is 2. The van der Waals surface area contributed by atoms with E-state index < -0.39 is 0 Å². The van der Waals surface area contributed by atoms with Crippen LogP contribution in [0.1, 0.15) is 11.1 Å². The molecular weight excluding hydrogens is 629 g/mol. The third-order valence-electron chi connectivity index (χ3n) is 9.26. The summed E-state index contributed by atoms with van der Waals surface area (Å²) in [6.07, 6.45) is 4.36. The molecule has 8 aromatic carbocycles. The van der Waals surface area contributed by atoms with Crippen LogP contribution in [0, 0.1) is 0 Å². The molecule has 0 radical (unpaired) electrons. The highest BCUT2D eigenvalue weighted by atomic mass is 15.1. The van der Waals surface area contributed by atoms with Gasteiger partial charge in [-0.2, -0.15) is 0 Å². The standard InChI is InChI=1S/C50H38N2/c1-5-13-41(14-6-1)43-27-35-49(36-28-43)52(50-37-29-44(30-38-50)42-15-7-2-8-16-42)48-33-25-40(26-34-48)22-21-39-23-31-47(32-24-39)51(45-17-9-3-10-18-45)46-19-11-4-12-20-46/h1-38H. The summed E-state index contributed by atoms with van der Waals surface area (Å²) in [5.74, 6) is 0. The molecule has 0 amide bonds. The van der Waals surface area contributed by atoms with Crippen LogP contribution in [-0.2, 0) is 0 Å². The SMILES string of the molecule is C(=Cc1ccc(N(c2ccc(-c3ccccc3)cc2)c2ccc(-c3ccccc3)cc2)cc1)c1ccc(N(c2ccccc2)c2ccccc2)cc1. The number of benzene rings is 8. The van der Waals surface area contributed by atoms with Crippen LogP contribution < -0.4 is 9.80 Å². The second-order valence-corrected chi connectivity index (χ2v) is 12.7. The predicted molar refractivity (Wildman–Crippen MR) is 222 cm³/mol. The lowest BCUT2D eigenvalue weighted by Gasteiger charge is -2.26. The fourth-order valence-corrected chi connectivity index (χ4v) is 6.58. The zero-order valence-electron chi connectivity index (χ0n) is 28.8. The maximum absolute atomic E-state index is 2.32. The molecule has 2 heteroatoms. The number of hydrogen-bond donors (Lipinski definition) is 0. The second kappa shape index (κ2) is 15.3. The van der Waals surface area contributed by atoms with Crippen molar-refractivity contribution in [2.75, 3.05) is 9.80 Å². The molecule has 0 saturated carbocycles. The number of anilines is 6. The van der Waals surface area contributed by atoms with Crippen LogP contribution in [0.3, 0.4) is 0 Å². The van der Waals surface area contributed by atoms with Crippen molar-refractivity contribution in [3.63, 3.8) is 0 Å². The Labute approximate surface area is 306 Å². The predicted octanol–water partition coefficient (Wildman–Crippen LogP) is 14.1. The van der Waals surface area contributed by atoms with Gasteiger partial charge < -0.3 is 9.80 Å². The highest BCUT2D eigenvalue weighted by molar-refractivity contribution is 5.82. The third-order valence-corrected chi connectivity index (χ3v) is 9.26. The van der Waals surface area contributed by atoms with E-state index in [9.17, 15) is 0 Å². The number of nitrogens with zero attached hydrogens (tertiary/aromatic N) is 2. The molecule has 0 aliphatic rings. The van der Waals surface area contributed by atoms with Gasteiger partial charge in [0.05, 0.1) is 0 Å². The number of rotatable bonds is 10. The molecule has 0 atom stereocenters. The number of para-hydroxylation sites is 2. The lowest BCUT2D eigenvalue weighted by molar-refractivity contribution is 1.28. The van der Waals surface area contributed by atoms with Gasteiger partial charge in [0.15, 0.2) is 0 Å². The summed E-state index contributed by atoms with van der Waals surface area (Å²) in [5.41, 5.74) is 13.8. The monoisotopic (exact) mass is 666 g/mol. The minimum atomic E-state index is 1.10. The molecule has 0 fully saturated rings. The molecule has 0 saturated heterocycles. The van der Waals surface area contributed by atoms with Crippen LogP contribution in [0.5, 0.6) is 0 Å². The molecule has 0 aliphatic carbocycles. The van der Waals surface area contributed by atoms with Gasteiger partial charge in [-0.3, -0.25) is 0 Å². The molecule has 0 heterocycles. The summed E-state index contributed by atoms with van der Waals surface area (Å²) in [7, 11) is 0. The Morgan fingerprint density at radius 2 is 0.442 bits per heavy atom. The molecule has 0 unspecified atom stereocenters. The fourth-order valence-electron chi connectivity index (χ4n) is 6.58. The Kier molecular flexibility index (Phi) is 9.53. The Morgan fingerprint density at radius 1 is 0.212 bits per heavy atom. The van der Waals surface area contributed by atoms with E-state index in [1.807, 2.05) is 0 Å². The minimum Gasteiger partial charge on any atom is -0.311 e. The lowest BCUT2D eigenvalue weighted by atomic mass is 10.0. The Morgan fingerprint density at radius 3 is 0.750 bits per heavy atom. The first-order chi connectivity index (χ1) is 25.8. The maximum atomic E-state index is 2.32. The van der Waals surface area contributed by atoms with E-state index in [1.54, 1.807) is 0 Å². The zero-order chi connectivity index (χ0) is 35.0. The Balaban J connectivity index is 1.05. The summed E-state index contributed by atoms with van der Waals surface area (Å²) in [4.78, 5) is 4.60. The molecule has 0 aliphatic heterocycles. The van der Waals surface area contributed by atoms with Gasteiger partial charge in [-0.15, -0.1) is 0 Å². The van der Waals surface area contributed by atoms with Crippen LogP contribution in [-0.4, -0.2) is 0 Å². The Bertz CT molecular complexity index is 2210. The molecule has 52 heavy (non-hydrogen) atoms. The van der Waals surface area contributed by atoms with Crippen molar-refractivity contribution >= 4 is 46.3 Å². The summed E-state index contributed by atoms with van der Waals surface area (Å²) >= 11 is 0. The normalized spacial score (nSPS) is 11.0. The molecule has 8 rings (SSSR count). The zero-order valence-corrected chi connectivity index (χ0v) is 28.8. The van der Waals surface area contributed by atoms with E-state index >= 15 is 0 Å². The summed E-state index contributed by atoms with van der Waals surface area (Å²) < 4.78 is 0. The van der Waals surface area contributed by atoms with Gasteiger partial charge >= 0.3 is 0 Å². The average Bonchev–Trinajstić information content (AvgIpc) is 3.23. The first kappa shape index (κ1) is 32.3. The molecule has 248 valence electrons. The van der Waals surface area contributed by atoms with Crippen molar-refractivity contribution in [1.82, 2.24) is 0 Å². The highest BCUT2D eigenvalue weighted by Crippen LogP contribution is 2.37. The van der Waals surface area contributed by atoms with E-state index in [-0.39, 0.29) is 0 Å². The minimum absolute atomic E-state index is 1.10. The van der Waals surface area contributed by atoms with Gasteiger partial charge in [-0.05, 0) is 106 Å². The molecule has 8 aromatic rings. The average molecular weight is 667 g/mol. The summed E-state index contributed by atoms with van der Waals surface area (Å²) in [6.45, 7) is 0. The van der Waals surface area contributed by atoms with Gasteiger partial charge in [-0.25, -0.2) is 0 Å².